The number of amides is 2. The lowest BCUT2D eigenvalue weighted by Gasteiger charge is -2.08. The Balaban J connectivity index is 2.73. The van der Waals surface area contributed by atoms with Gasteiger partial charge in [-0.2, -0.15) is 8.78 Å². The molecule has 0 spiro atoms. The number of halogens is 2. The Morgan fingerprint density at radius 1 is 1.29 bits per heavy atom. The molecule has 0 aromatic heterocycles. The second-order valence-electron chi connectivity index (χ2n) is 3.86. The Morgan fingerprint density at radius 3 is 2.52 bits per heavy atom. The van der Waals surface area contributed by atoms with Gasteiger partial charge in [0.15, 0.2) is 0 Å². The number of alkyl halides is 2. The van der Waals surface area contributed by atoms with Crippen molar-refractivity contribution in [2.24, 2.45) is 0 Å². The number of hydrogen-bond acceptors (Lipinski definition) is 4. The predicted molar refractivity (Wildman–Crippen MR) is 68.9 cm³/mol. The molecule has 3 N–H and O–H groups in total. The summed E-state index contributed by atoms with van der Waals surface area (Å²) in [5.74, 6) is -4.66. The Hall–Kier alpha value is -2.23. The van der Waals surface area contributed by atoms with Gasteiger partial charge in [-0.15, -0.1) is 0 Å². The molecule has 21 heavy (non-hydrogen) atoms. The van der Waals surface area contributed by atoms with Crippen molar-refractivity contribution in [2.45, 2.75) is 17.1 Å². The third kappa shape index (κ3) is 4.99. The summed E-state index contributed by atoms with van der Waals surface area (Å²) in [6.45, 7) is -0.129. The Bertz CT molecular complexity index is 633. The van der Waals surface area contributed by atoms with Gasteiger partial charge >= 0.3 is 17.8 Å². The highest BCUT2D eigenvalue weighted by Crippen LogP contribution is 2.21. The molecule has 0 saturated heterocycles. The summed E-state index contributed by atoms with van der Waals surface area (Å²) in [5.41, 5.74) is -0.00968. The first-order valence-corrected chi connectivity index (χ1v) is 7.17. The molecule has 0 saturated carbocycles. The summed E-state index contributed by atoms with van der Waals surface area (Å²) in [7, 11) is -4.75. The Kier molecular flexibility index (Phi) is 5.59. The van der Waals surface area contributed by atoms with E-state index < -0.39 is 32.5 Å². The monoisotopic (exact) mass is 322 g/mol. The van der Waals surface area contributed by atoms with Crippen LogP contribution in [0.3, 0.4) is 0 Å². The van der Waals surface area contributed by atoms with Gasteiger partial charge in [0.1, 0.15) is 0 Å². The van der Waals surface area contributed by atoms with Gasteiger partial charge in [0.25, 0.3) is 0 Å². The van der Waals surface area contributed by atoms with Crippen molar-refractivity contribution in [3.63, 3.8) is 0 Å². The minimum absolute atomic E-state index is 0.00968. The number of urea groups is 1. The summed E-state index contributed by atoms with van der Waals surface area (Å²) < 4.78 is 47.3. The van der Waals surface area contributed by atoms with E-state index in [0.717, 1.165) is 12.1 Å². The fourth-order valence-electron chi connectivity index (χ4n) is 1.31. The predicted octanol–water partition coefficient (Wildman–Crippen LogP) is 1.28. The van der Waals surface area contributed by atoms with E-state index in [-0.39, 0.29) is 18.7 Å². The highest BCUT2D eigenvalue weighted by Gasteiger charge is 2.26. The van der Waals surface area contributed by atoms with Crippen LogP contribution in [0.2, 0.25) is 0 Å². The number of carbonyl (C=O) groups is 2. The van der Waals surface area contributed by atoms with Crippen LogP contribution in [0.5, 0.6) is 0 Å². The fraction of sp³-hybridized carbons (Fsp3) is 0.273. The molecule has 0 fully saturated rings. The highest BCUT2D eigenvalue weighted by atomic mass is 32.2. The van der Waals surface area contributed by atoms with Gasteiger partial charge in [-0.1, -0.05) is 6.07 Å². The fourth-order valence-corrected chi connectivity index (χ4v) is 2.08. The number of hydrogen-bond donors (Lipinski definition) is 3. The van der Waals surface area contributed by atoms with Crippen molar-refractivity contribution in [1.82, 2.24) is 5.32 Å². The molecule has 0 bridgehead atoms. The van der Waals surface area contributed by atoms with Gasteiger partial charge in [-0.25, -0.2) is 13.2 Å². The van der Waals surface area contributed by atoms with E-state index in [4.69, 9.17) is 5.11 Å². The average Bonchev–Trinajstić information content (AvgIpc) is 2.38. The molecule has 116 valence electrons. The van der Waals surface area contributed by atoms with Crippen molar-refractivity contribution in [1.29, 1.82) is 0 Å². The quantitative estimate of drug-likeness (QED) is 0.730. The SMILES string of the molecule is O=C(O)CCNC(=O)Nc1cccc(S(=O)(=O)C(F)F)c1. The Morgan fingerprint density at radius 2 is 1.95 bits per heavy atom. The molecule has 1 aromatic carbocycles. The zero-order chi connectivity index (χ0) is 16.0. The molecule has 10 heteroatoms. The van der Waals surface area contributed by atoms with Crippen molar-refractivity contribution in [2.75, 3.05) is 11.9 Å². The lowest BCUT2D eigenvalue weighted by Crippen LogP contribution is -2.30. The number of anilines is 1. The molecule has 0 aliphatic carbocycles. The highest BCUT2D eigenvalue weighted by molar-refractivity contribution is 7.91. The second kappa shape index (κ2) is 6.97. The maximum absolute atomic E-state index is 12.4. The third-order valence-electron chi connectivity index (χ3n) is 2.28. The molecule has 0 radical (unpaired) electrons. The lowest BCUT2D eigenvalue weighted by atomic mass is 10.3. The summed E-state index contributed by atoms with van der Waals surface area (Å²) in [6, 6.07) is 3.60. The van der Waals surface area contributed by atoms with Crippen LogP contribution in [0.25, 0.3) is 0 Å². The van der Waals surface area contributed by atoms with E-state index in [9.17, 15) is 26.8 Å². The maximum atomic E-state index is 12.4. The molecular formula is C11H12F2N2O5S. The number of nitrogens with one attached hydrogen (secondary N) is 2. The summed E-state index contributed by atoms with van der Waals surface area (Å²) in [4.78, 5) is 21.0. The largest absolute Gasteiger partial charge is 0.481 e. The topological polar surface area (TPSA) is 113 Å². The van der Waals surface area contributed by atoms with Crippen LogP contribution in [0.4, 0.5) is 19.3 Å². The zero-order valence-corrected chi connectivity index (χ0v) is 11.4. The molecule has 0 heterocycles. The number of carbonyl (C=O) groups excluding carboxylic acids is 1. The van der Waals surface area contributed by atoms with E-state index in [2.05, 4.69) is 10.6 Å². The molecule has 7 nitrogen and oxygen atoms in total. The molecule has 0 aliphatic rings. The zero-order valence-electron chi connectivity index (χ0n) is 10.5. The first-order valence-electron chi connectivity index (χ1n) is 5.62. The van der Waals surface area contributed by atoms with Crippen LogP contribution in [-0.4, -0.2) is 37.8 Å². The number of aliphatic carboxylic acids is 1. The molecule has 2 amide bonds. The Labute approximate surface area is 118 Å². The van der Waals surface area contributed by atoms with Crippen molar-refractivity contribution < 1.29 is 31.9 Å². The summed E-state index contributed by atoms with van der Waals surface area (Å²) in [5, 5.41) is 12.8. The van der Waals surface area contributed by atoms with E-state index in [0.29, 0.717) is 0 Å². The van der Waals surface area contributed by atoms with Gasteiger partial charge < -0.3 is 15.7 Å². The van der Waals surface area contributed by atoms with Crippen molar-refractivity contribution in [3.05, 3.63) is 24.3 Å². The normalized spacial score (nSPS) is 11.2. The number of sulfone groups is 1. The molecule has 1 aromatic rings. The minimum atomic E-state index is -4.75. The van der Waals surface area contributed by atoms with Gasteiger partial charge in [-0.05, 0) is 18.2 Å². The smallest absolute Gasteiger partial charge is 0.341 e. The van der Waals surface area contributed by atoms with Crippen molar-refractivity contribution >= 4 is 27.5 Å². The summed E-state index contributed by atoms with van der Waals surface area (Å²) in [6.07, 6.45) is -0.285. The van der Waals surface area contributed by atoms with Gasteiger partial charge in [0.05, 0.1) is 11.3 Å². The number of benzene rings is 1. The lowest BCUT2D eigenvalue weighted by molar-refractivity contribution is -0.136. The molecular weight excluding hydrogens is 310 g/mol. The van der Waals surface area contributed by atoms with Gasteiger partial charge in [0.2, 0.25) is 9.84 Å². The molecule has 0 unspecified atom stereocenters. The summed E-state index contributed by atoms with van der Waals surface area (Å²) >= 11 is 0. The standard InChI is InChI=1S/C11H12F2N2O5S/c12-10(13)21(19,20)8-3-1-2-7(6-8)15-11(18)14-5-4-9(16)17/h1-3,6,10H,4-5H2,(H,16,17)(H2,14,15,18). The minimum Gasteiger partial charge on any atom is -0.481 e. The average molecular weight is 322 g/mol. The van der Waals surface area contributed by atoms with E-state index in [1.165, 1.54) is 12.1 Å². The molecule has 0 atom stereocenters. The number of carboxylic acids is 1. The number of carboxylic acid groups (broad SMARTS) is 1. The van der Waals surface area contributed by atoms with E-state index in [1.54, 1.807) is 0 Å². The van der Waals surface area contributed by atoms with Crippen LogP contribution >= 0.6 is 0 Å². The first-order chi connectivity index (χ1) is 9.73. The van der Waals surface area contributed by atoms with Crippen LogP contribution in [-0.2, 0) is 14.6 Å². The van der Waals surface area contributed by atoms with Crippen LogP contribution in [0, 0.1) is 0 Å². The first kappa shape index (κ1) is 16.8. The molecule has 0 aliphatic heterocycles. The van der Waals surface area contributed by atoms with Gasteiger partial charge in [-0.3, -0.25) is 4.79 Å². The number of rotatable bonds is 6. The maximum Gasteiger partial charge on any atom is 0.341 e. The second-order valence-corrected chi connectivity index (χ2v) is 5.78. The third-order valence-corrected chi connectivity index (χ3v) is 3.66. The van der Waals surface area contributed by atoms with Gasteiger partial charge in [0, 0.05) is 12.2 Å². The van der Waals surface area contributed by atoms with Crippen LogP contribution < -0.4 is 10.6 Å². The van der Waals surface area contributed by atoms with E-state index in [1.807, 2.05) is 0 Å². The van der Waals surface area contributed by atoms with Crippen LogP contribution in [0.15, 0.2) is 29.2 Å². The molecule has 1 rings (SSSR count). The van der Waals surface area contributed by atoms with Crippen molar-refractivity contribution in [3.8, 4) is 0 Å². The van der Waals surface area contributed by atoms with E-state index >= 15 is 0 Å². The van der Waals surface area contributed by atoms with Crippen LogP contribution in [0.1, 0.15) is 6.42 Å².